The van der Waals surface area contributed by atoms with Crippen molar-refractivity contribution in [2.75, 3.05) is 6.61 Å². The average molecular weight is 390 g/mol. The van der Waals surface area contributed by atoms with Gasteiger partial charge in [-0.1, -0.05) is 25.1 Å². The number of carbonyl (C=O) groups is 1. The Labute approximate surface area is 143 Å². The summed E-state index contributed by atoms with van der Waals surface area (Å²) in [4.78, 5) is 11.6. The van der Waals surface area contributed by atoms with Crippen molar-refractivity contribution >= 4 is 33.5 Å². The molecular formula is C16H18BrClO4. The molecule has 120 valence electrons. The highest BCUT2D eigenvalue weighted by molar-refractivity contribution is 9.11. The molecule has 0 radical (unpaired) electrons. The van der Waals surface area contributed by atoms with Gasteiger partial charge in [0.15, 0.2) is 5.22 Å². The van der Waals surface area contributed by atoms with Gasteiger partial charge in [0.1, 0.15) is 11.5 Å². The molecule has 0 aliphatic rings. The molecule has 1 aromatic carbocycles. The minimum atomic E-state index is -0.330. The summed E-state index contributed by atoms with van der Waals surface area (Å²) >= 11 is 9.24. The highest BCUT2D eigenvalue weighted by Gasteiger charge is 2.11. The fourth-order valence-corrected chi connectivity index (χ4v) is 2.42. The summed E-state index contributed by atoms with van der Waals surface area (Å²) in [5.74, 6) is 0.304. The lowest BCUT2D eigenvalue weighted by atomic mass is 10.1. The summed E-state index contributed by atoms with van der Waals surface area (Å²) in [6.07, 6.45) is 2.04. The molecule has 0 unspecified atom stereocenters. The van der Waals surface area contributed by atoms with Gasteiger partial charge in [0.2, 0.25) is 0 Å². The molecule has 1 aromatic rings. The molecule has 0 spiro atoms. The molecule has 0 heterocycles. The maximum Gasteiger partial charge on any atom is 0.310 e. The number of esters is 1. The third-order valence-corrected chi connectivity index (χ3v) is 3.54. The number of hydrogen-bond donors (Lipinski definition) is 1. The van der Waals surface area contributed by atoms with Crippen LogP contribution in [-0.2, 0) is 16.0 Å². The Morgan fingerprint density at radius 3 is 2.68 bits per heavy atom. The zero-order valence-corrected chi connectivity index (χ0v) is 14.8. The van der Waals surface area contributed by atoms with Gasteiger partial charge in [-0.3, -0.25) is 4.79 Å². The molecule has 0 saturated heterocycles. The predicted octanol–water partition coefficient (Wildman–Crippen LogP) is 4.83. The first-order valence-corrected chi connectivity index (χ1v) is 8.01. The molecule has 0 saturated carbocycles. The van der Waals surface area contributed by atoms with Gasteiger partial charge in [0.05, 0.1) is 17.5 Å². The highest BCUT2D eigenvalue weighted by Crippen LogP contribution is 2.25. The molecule has 22 heavy (non-hydrogen) atoms. The van der Waals surface area contributed by atoms with Crippen LogP contribution in [0.4, 0.5) is 0 Å². The van der Waals surface area contributed by atoms with Crippen LogP contribution in [0.2, 0.25) is 0 Å². The molecule has 0 bridgehead atoms. The number of aliphatic hydroxyl groups is 1. The summed E-state index contributed by atoms with van der Waals surface area (Å²) in [5, 5.41) is 9.66. The Morgan fingerprint density at radius 2 is 2.05 bits per heavy atom. The van der Waals surface area contributed by atoms with E-state index < -0.39 is 0 Å². The molecule has 0 fully saturated rings. The van der Waals surface area contributed by atoms with E-state index in [1.54, 1.807) is 31.2 Å². The van der Waals surface area contributed by atoms with Crippen LogP contribution >= 0.6 is 27.5 Å². The Kier molecular flexibility index (Phi) is 8.06. The smallest absolute Gasteiger partial charge is 0.310 e. The standard InChI is InChI=1S/C16H18BrClO4/c1-3-13(19)12(17)10-15(18)22-14-8-6-5-7-11(14)9-16(20)21-4-2/h5-8,10,19H,3-4,9H2,1-2H3/b13-12-,15-10?. The van der Waals surface area contributed by atoms with Crippen molar-refractivity contribution in [2.24, 2.45) is 0 Å². The summed E-state index contributed by atoms with van der Waals surface area (Å²) in [6, 6.07) is 7.06. The first-order chi connectivity index (χ1) is 10.5. The van der Waals surface area contributed by atoms with Crippen LogP contribution in [0.1, 0.15) is 25.8 Å². The van der Waals surface area contributed by atoms with E-state index in [1.807, 2.05) is 6.92 Å². The fraction of sp³-hybridized carbons (Fsp3) is 0.312. The van der Waals surface area contributed by atoms with Gasteiger partial charge in [-0.25, -0.2) is 0 Å². The lowest BCUT2D eigenvalue weighted by Crippen LogP contribution is -2.08. The third-order valence-electron chi connectivity index (χ3n) is 2.67. The number of halogens is 2. The van der Waals surface area contributed by atoms with Crippen molar-refractivity contribution in [1.82, 2.24) is 0 Å². The SMILES string of the molecule is CCOC(=O)Cc1ccccc1OC(Cl)=C/C(Br)=C(/O)CC. The van der Waals surface area contributed by atoms with E-state index in [1.165, 1.54) is 6.08 Å². The number of ether oxygens (including phenoxy) is 2. The van der Waals surface area contributed by atoms with E-state index in [2.05, 4.69) is 15.9 Å². The minimum Gasteiger partial charge on any atom is -0.511 e. The van der Waals surface area contributed by atoms with Crippen LogP contribution < -0.4 is 4.74 Å². The van der Waals surface area contributed by atoms with Crippen molar-refractivity contribution in [2.45, 2.75) is 26.7 Å². The Hall–Kier alpha value is -1.46. The number of para-hydroxylation sites is 1. The van der Waals surface area contributed by atoms with Crippen molar-refractivity contribution in [3.63, 3.8) is 0 Å². The second-order valence-electron chi connectivity index (χ2n) is 4.29. The van der Waals surface area contributed by atoms with Crippen LogP contribution in [0.5, 0.6) is 5.75 Å². The molecule has 6 heteroatoms. The number of hydrogen-bond acceptors (Lipinski definition) is 4. The number of allylic oxidation sites excluding steroid dienone is 3. The topological polar surface area (TPSA) is 55.8 Å². The maximum atomic E-state index is 11.6. The van der Waals surface area contributed by atoms with Gasteiger partial charge in [-0.05, 0) is 40.5 Å². The second-order valence-corrected chi connectivity index (χ2v) is 5.52. The summed E-state index contributed by atoms with van der Waals surface area (Å²) in [5.41, 5.74) is 0.673. The normalized spacial score (nSPS) is 12.6. The Morgan fingerprint density at radius 1 is 1.36 bits per heavy atom. The Balaban J connectivity index is 2.90. The molecule has 4 nitrogen and oxygen atoms in total. The molecule has 0 amide bonds. The van der Waals surface area contributed by atoms with E-state index >= 15 is 0 Å². The van der Waals surface area contributed by atoms with E-state index in [0.29, 0.717) is 28.8 Å². The first kappa shape index (κ1) is 18.6. The number of carbonyl (C=O) groups excluding carboxylic acids is 1. The van der Waals surface area contributed by atoms with Gasteiger partial charge < -0.3 is 14.6 Å². The van der Waals surface area contributed by atoms with Crippen LogP contribution in [-0.4, -0.2) is 17.7 Å². The quantitative estimate of drug-likeness (QED) is 0.412. The maximum absolute atomic E-state index is 11.6. The van der Waals surface area contributed by atoms with Gasteiger partial charge in [0, 0.05) is 18.1 Å². The summed E-state index contributed by atoms with van der Waals surface area (Å²) in [6.45, 7) is 3.90. The Bertz CT molecular complexity index is 581. The zero-order chi connectivity index (χ0) is 16.5. The largest absolute Gasteiger partial charge is 0.511 e. The highest BCUT2D eigenvalue weighted by atomic mass is 79.9. The molecule has 0 aromatic heterocycles. The third kappa shape index (κ3) is 6.12. The van der Waals surface area contributed by atoms with Crippen molar-refractivity contribution < 1.29 is 19.4 Å². The number of benzene rings is 1. The van der Waals surface area contributed by atoms with Crippen molar-refractivity contribution in [1.29, 1.82) is 0 Å². The zero-order valence-electron chi connectivity index (χ0n) is 12.4. The van der Waals surface area contributed by atoms with Crippen LogP contribution in [0.15, 0.2) is 45.8 Å². The van der Waals surface area contributed by atoms with Crippen LogP contribution in [0, 0.1) is 0 Å². The van der Waals surface area contributed by atoms with Gasteiger partial charge in [-0.15, -0.1) is 0 Å². The van der Waals surface area contributed by atoms with E-state index in [0.717, 1.165) is 0 Å². The fourth-order valence-electron chi connectivity index (χ4n) is 1.60. The van der Waals surface area contributed by atoms with Gasteiger partial charge in [0.25, 0.3) is 0 Å². The first-order valence-electron chi connectivity index (χ1n) is 6.84. The van der Waals surface area contributed by atoms with Crippen LogP contribution in [0.3, 0.4) is 0 Å². The number of aliphatic hydroxyl groups excluding tert-OH is 1. The van der Waals surface area contributed by atoms with E-state index in [9.17, 15) is 9.90 Å². The van der Waals surface area contributed by atoms with Crippen molar-refractivity contribution in [3.05, 3.63) is 51.4 Å². The molecule has 0 atom stereocenters. The molecular weight excluding hydrogens is 372 g/mol. The molecule has 0 aliphatic carbocycles. The average Bonchev–Trinajstić information content (AvgIpc) is 2.48. The predicted molar refractivity (Wildman–Crippen MR) is 90.2 cm³/mol. The lowest BCUT2D eigenvalue weighted by molar-refractivity contribution is -0.142. The van der Waals surface area contributed by atoms with Gasteiger partial charge >= 0.3 is 5.97 Å². The van der Waals surface area contributed by atoms with Gasteiger partial charge in [-0.2, -0.15) is 0 Å². The molecule has 1 N–H and O–H groups in total. The monoisotopic (exact) mass is 388 g/mol. The molecule has 1 rings (SSSR count). The van der Waals surface area contributed by atoms with Crippen LogP contribution in [0.25, 0.3) is 0 Å². The van der Waals surface area contributed by atoms with E-state index in [4.69, 9.17) is 21.1 Å². The minimum absolute atomic E-state index is 0.0724. The van der Waals surface area contributed by atoms with Crippen molar-refractivity contribution in [3.8, 4) is 5.75 Å². The summed E-state index contributed by atoms with van der Waals surface area (Å²) in [7, 11) is 0. The van der Waals surface area contributed by atoms with E-state index in [-0.39, 0.29) is 23.4 Å². The second kappa shape index (κ2) is 9.54. The molecule has 0 aliphatic heterocycles. The lowest BCUT2D eigenvalue weighted by Gasteiger charge is -2.10. The number of rotatable bonds is 7. The summed E-state index contributed by atoms with van der Waals surface area (Å²) < 4.78 is 10.9.